The number of hydrogen-bond acceptors (Lipinski definition) is 4. The molecular formula is C19H22FN3OS. The van der Waals surface area contributed by atoms with E-state index in [2.05, 4.69) is 28.3 Å². The molecule has 25 heavy (non-hydrogen) atoms. The summed E-state index contributed by atoms with van der Waals surface area (Å²) in [6, 6.07) is 16.4. The van der Waals surface area contributed by atoms with Crippen molar-refractivity contribution < 1.29 is 9.18 Å². The van der Waals surface area contributed by atoms with Crippen molar-refractivity contribution in [2.75, 3.05) is 18.8 Å². The normalized spacial score (nSPS) is 19.7. The number of nitrogens with one attached hydrogen (secondary N) is 3. The highest BCUT2D eigenvalue weighted by atomic mass is 32.2. The van der Waals surface area contributed by atoms with E-state index in [1.165, 1.54) is 17.0 Å². The molecule has 0 radical (unpaired) electrons. The molecule has 2 atom stereocenters. The summed E-state index contributed by atoms with van der Waals surface area (Å²) in [5.74, 6) is 0.516. The molecule has 1 aliphatic heterocycles. The van der Waals surface area contributed by atoms with Crippen LogP contribution < -0.4 is 16.2 Å². The molecule has 0 aliphatic carbocycles. The molecule has 132 valence electrons. The highest BCUT2D eigenvalue weighted by Gasteiger charge is 2.33. The zero-order valence-corrected chi connectivity index (χ0v) is 14.7. The minimum Gasteiger partial charge on any atom is -0.356 e. The van der Waals surface area contributed by atoms with Gasteiger partial charge in [-0.2, -0.15) is 0 Å². The summed E-state index contributed by atoms with van der Waals surface area (Å²) in [4.78, 5) is 13.7. The Kier molecular flexibility index (Phi) is 6.44. The minimum absolute atomic E-state index is 0.0246. The van der Waals surface area contributed by atoms with Crippen molar-refractivity contribution in [2.24, 2.45) is 5.92 Å². The minimum atomic E-state index is -0.272. The maximum Gasteiger partial charge on any atom is 0.226 e. The third-order valence-corrected chi connectivity index (χ3v) is 5.28. The first-order valence-corrected chi connectivity index (χ1v) is 9.42. The molecule has 0 aromatic heterocycles. The van der Waals surface area contributed by atoms with Crippen molar-refractivity contribution >= 4 is 17.7 Å². The summed E-state index contributed by atoms with van der Waals surface area (Å²) >= 11 is 1.79. The molecule has 1 saturated heterocycles. The Balaban J connectivity index is 1.43. The van der Waals surface area contributed by atoms with Gasteiger partial charge >= 0.3 is 0 Å². The average Bonchev–Trinajstić information content (AvgIpc) is 3.12. The summed E-state index contributed by atoms with van der Waals surface area (Å²) in [5, 5.41) is 3.02. The summed E-state index contributed by atoms with van der Waals surface area (Å²) in [6.45, 7) is 1.22. The standard InChI is InChI=1S/C19H22FN3OS/c20-15-9-7-14(8-10-15)18-17(13-22-23-18)19(24)21-11-4-12-25-16-5-2-1-3-6-16/h1-3,5-10,17-18,22-23H,4,11-13H2,(H,21,24). The smallest absolute Gasteiger partial charge is 0.226 e. The van der Waals surface area contributed by atoms with Crippen LogP contribution in [0.2, 0.25) is 0 Å². The molecule has 3 rings (SSSR count). The van der Waals surface area contributed by atoms with Crippen molar-refractivity contribution in [1.82, 2.24) is 16.2 Å². The molecule has 2 unspecified atom stereocenters. The van der Waals surface area contributed by atoms with Gasteiger partial charge < -0.3 is 5.32 Å². The van der Waals surface area contributed by atoms with Crippen LogP contribution in [-0.4, -0.2) is 24.7 Å². The molecule has 1 heterocycles. The second kappa shape index (κ2) is 8.99. The Bertz CT molecular complexity index is 681. The third-order valence-electron chi connectivity index (χ3n) is 4.18. The third kappa shape index (κ3) is 5.04. The lowest BCUT2D eigenvalue weighted by molar-refractivity contribution is -0.124. The molecule has 0 spiro atoms. The molecular weight excluding hydrogens is 337 g/mol. The first-order valence-electron chi connectivity index (χ1n) is 8.43. The van der Waals surface area contributed by atoms with E-state index in [0.29, 0.717) is 13.1 Å². The summed E-state index contributed by atoms with van der Waals surface area (Å²) in [6.07, 6.45) is 0.917. The van der Waals surface area contributed by atoms with Crippen molar-refractivity contribution in [1.29, 1.82) is 0 Å². The number of carbonyl (C=O) groups excluding carboxylic acids is 1. The summed E-state index contributed by atoms with van der Waals surface area (Å²) < 4.78 is 13.1. The molecule has 3 N–H and O–H groups in total. The second-order valence-electron chi connectivity index (χ2n) is 5.97. The molecule has 1 fully saturated rings. The summed E-state index contributed by atoms with van der Waals surface area (Å²) in [7, 11) is 0. The van der Waals surface area contributed by atoms with E-state index >= 15 is 0 Å². The van der Waals surface area contributed by atoms with Gasteiger partial charge in [-0.05, 0) is 42.0 Å². The fraction of sp³-hybridized carbons (Fsp3) is 0.316. The van der Waals surface area contributed by atoms with Gasteiger partial charge in [-0.1, -0.05) is 30.3 Å². The Morgan fingerprint density at radius 1 is 1.16 bits per heavy atom. The molecule has 1 amide bonds. The van der Waals surface area contributed by atoms with E-state index in [1.54, 1.807) is 23.9 Å². The largest absolute Gasteiger partial charge is 0.356 e. The number of benzene rings is 2. The zero-order valence-electron chi connectivity index (χ0n) is 13.9. The van der Waals surface area contributed by atoms with Crippen molar-refractivity contribution in [2.45, 2.75) is 17.4 Å². The highest BCUT2D eigenvalue weighted by molar-refractivity contribution is 7.99. The quantitative estimate of drug-likeness (QED) is 0.526. The molecule has 4 nitrogen and oxygen atoms in total. The maximum absolute atomic E-state index is 13.1. The molecule has 2 aromatic rings. The van der Waals surface area contributed by atoms with Crippen molar-refractivity contribution in [3.63, 3.8) is 0 Å². The van der Waals surface area contributed by atoms with Crippen LogP contribution in [0, 0.1) is 11.7 Å². The topological polar surface area (TPSA) is 53.2 Å². The van der Waals surface area contributed by atoms with Crippen LogP contribution in [-0.2, 0) is 4.79 Å². The van der Waals surface area contributed by atoms with Crippen LogP contribution >= 0.6 is 11.8 Å². The fourth-order valence-corrected chi connectivity index (χ4v) is 3.72. The van der Waals surface area contributed by atoms with Gasteiger partial charge in [0.25, 0.3) is 0 Å². The van der Waals surface area contributed by atoms with Gasteiger partial charge in [0.05, 0.1) is 12.0 Å². The summed E-state index contributed by atoms with van der Waals surface area (Å²) in [5.41, 5.74) is 7.05. The predicted molar refractivity (Wildman–Crippen MR) is 98.6 cm³/mol. The Hall–Kier alpha value is -1.89. The first-order chi connectivity index (χ1) is 12.2. The van der Waals surface area contributed by atoms with E-state index in [0.717, 1.165) is 17.7 Å². The Labute approximate surface area is 151 Å². The lowest BCUT2D eigenvalue weighted by Crippen LogP contribution is -2.35. The van der Waals surface area contributed by atoms with Crippen LogP contribution in [0.25, 0.3) is 0 Å². The van der Waals surface area contributed by atoms with Crippen molar-refractivity contribution in [3.8, 4) is 0 Å². The zero-order chi connectivity index (χ0) is 17.5. The first kappa shape index (κ1) is 17.9. The van der Waals surface area contributed by atoms with E-state index in [1.807, 2.05) is 18.2 Å². The van der Waals surface area contributed by atoms with E-state index in [-0.39, 0.29) is 23.7 Å². The van der Waals surface area contributed by atoms with Gasteiger partial charge in [-0.15, -0.1) is 11.8 Å². The van der Waals surface area contributed by atoms with Crippen LogP contribution in [0.4, 0.5) is 4.39 Å². The SMILES string of the molecule is O=C(NCCCSc1ccccc1)C1CNNC1c1ccc(F)cc1. The number of amides is 1. The number of hydrazine groups is 1. The Morgan fingerprint density at radius 2 is 1.92 bits per heavy atom. The maximum atomic E-state index is 13.1. The monoisotopic (exact) mass is 359 g/mol. The van der Waals surface area contributed by atoms with Gasteiger partial charge in [0.15, 0.2) is 0 Å². The van der Waals surface area contributed by atoms with Crippen LogP contribution in [0.15, 0.2) is 59.5 Å². The molecule has 6 heteroatoms. The molecule has 1 aliphatic rings. The lowest BCUT2D eigenvalue weighted by Gasteiger charge is -2.18. The van der Waals surface area contributed by atoms with Crippen LogP contribution in [0.1, 0.15) is 18.0 Å². The van der Waals surface area contributed by atoms with Gasteiger partial charge in [0, 0.05) is 18.0 Å². The van der Waals surface area contributed by atoms with Crippen molar-refractivity contribution in [3.05, 3.63) is 66.0 Å². The second-order valence-corrected chi connectivity index (χ2v) is 7.14. The lowest BCUT2D eigenvalue weighted by atomic mass is 9.94. The number of thioether (sulfide) groups is 1. The molecule has 0 bridgehead atoms. The van der Waals surface area contributed by atoms with Gasteiger partial charge in [0.1, 0.15) is 5.82 Å². The van der Waals surface area contributed by atoms with Gasteiger partial charge in [-0.3, -0.25) is 10.2 Å². The van der Waals surface area contributed by atoms with Crippen LogP contribution in [0.3, 0.4) is 0 Å². The van der Waals surface area contributed by atoms with E-state index in [9.17, 15) is 9.18 Å². The predicted octanol–water partition coefficient (Wildman–Crippen LogP) is 2.89. The molecule has 0 saturated carbocycles. The number of rotatable bonds is 7. The van der Waals surface area contributed by atoms with E-state index < -0.39 is 0 Å². The van der Waals surface area contributed by atoms with E-state index in [4.69, 9.17) is 0 Å². The fourth-order valence-electron chi connectivity index (χ4n) is 2.85. The van der Waals surface area contributed by atoms with Gasteiger partial charge in [0.2, 0.25) is 5.91 Å². The Morgan fingerprint density at radius 3 is 2.68 bits per heavy atom. The molecule has 2 aromatic carbocycles. The average molecular weight is 359 g/mol. The number of hydrogen-bond donors (Lipinski definition) is 3. The number of halogens is 1. The van der Waals surface area contributed by atoms with Gasteiger partial charge in [-0.25, -0.2) is 9.82 Å². The number of carbonyl (C=O) groups is 1. The van der Waals surface area contributed by atoms with Crippen LogP contribution in [0.5, 0.6) is 0 Å². The highest BCUT2D eigenvalue weighted by Crippen LogP contribution is 2.25.